The number of hydrogen-bond acceptors (Lipinski definition) is 0. The van der Waals surface area contributed by atoms with Crippen LogP contribution in [0.25, 0.3) is 0 Å². The first-order chi connectivity index (χ1) is 7.86. The van der Waals surface area contributed by atoms with Gasteiger partial charge in [-0.2, -0.15) is 12.2 Å². The fourth-order valence-corrected chi connectivity index (χ4v) is 1.49. The van der Waals surface area contributed by atoms with Crippen molar-refractivity contribution < 1.29 is 50.7 Å². The molecule has 0 aliphatic heterocycles. The number of rotatable bonds is 4. The van der Waals surface area contributed by atoms with Crippen LogP contribution in [0.15, 0.2) is 60.8 Å². The van der Waals surface area contributed by atoms with Gasteiger partial charge in [-0.1, -0.05) is 12.2 Å². The van der Waals surface area contributed by atoms with Crippen molar-refractivity contribution in [3.05, 3.63) is 72.9 Å². The smallest absolute Gasteiger partial charge is 1.00 e. The Labute approximate surface area is 148 Å². The zero-order chi connectivity index (χ0) is 11.6. The molecule has 0 spiro atoms. The first-order valence-corrected chi connectivity index (χ1v) is 5.61. The molecular formula is C16H18Cl2Hf. The van der Waals surface area contributed by atoms with Crippen LogP contribution in [-0.4, -0.2) is 0 Å². The topological polar surface area (TPSA) is 0 Å². The van der Waals surface area contributed by atoms with Gasteiger partial charge in [-0.25, -0.2) is 23.3 Å². The molecule has 0 unspecified atom stereocenters. The predicted octanol–water partition coefficient (Wildman–Crippen LogP) is -1.49. The fraction of sp³-hybridized carbons (Fsp3) is 0.250. The van der Waals surface area contributed by atoms with Crippen LogP contribution in [-0.2, 0) is 25.8 Å². The molecule has 0 amide bonds. The molecular weight excluding hydrogens is 442 g/mol. The summed E-state index contributed by atoms with van der Waals surface area (Å²) in [5, 5.41) is 0. The van der Waals surface area contributed by atoms with Gasteiger partial charge in [0.25, 0.3) is 0 Å². The predicted molar refractivity (Wildman–Crippen MR) is 70.7 cm³/mol. The summed E-state index contributed by atoms with van der Waals surface area (Å²) in [5.41, 5.74) is 2.56. The van der Waals surface area contributed by atoms with Gasteiger partial charge in [0.15, 0.2) is 0 Å². The minimum Gasteiger partial charge on any atom is -1.00 e. The van der Waals surface area contributed by atoms with Gasteiger partial charge in [0.2, 0.25) is 0 Å². The minimum atomic E-state index is 0. The van der Waals surface area contributed by atoms with E-state index in [0.29, 0.717) is 0 Å². The van der Waals surface area contributed by atoms with Crippen molar-refractivity contribution in [1.29, 1.82) is 0 Å². The van der Waals surface area contributed by atoms with Gasteiger partial charge in [-0.3, -0.25) is 12.2 Å². The van der Waals surface area contributed by atoms with Crippen molar-refractivity contribution in [3.8, 4) is 0 Å². The summed E-state index contributed by atoms with van der Waals surface area (Å²) < 4.78 is 0. The van der Waals surface area contributed by atoms with E-state index in [9.17, 15) is 0 Å². The second-order valence-electron chi connectivity index (χ2n) is 3.60. The van der Waals surface area contributed by atoms with E-state index in [1.165, 1.54) is 11.1 Å². The summed E-state index contributed by atoms with van der Waals surface area (Å²) in [5.74, 6) is 0. The van der Waals surface area contributed by atoms with E-state index in [1.807, 2.05) is 12.2 Å². The van der Waals surface area contributed by atoms with E-state index in [-0.39, 0.29) is 50.7 Å². The summed E-state index contributed by atoms with van der Waals surface area (Å²) >= 11 is 0. The Morgan fingerprint density at radius 2 is 1.26 bits per heavy atom. The average molecular weight is 460 g/mol. The van der Waals surface area contributed by atoms with E-state index in [1.54, 1.807) is 0 Å². The monoisotopic (exact) mass is 460 g/mol. The van der Waals surface area contributed by atoms with E-state index in [2.05, 4.69) is 49.6 Å². The fourth-order valence-electron chi connectivity index (χ4n) is 1.49. The Morgan fingerprint density at radius 1 is 0.895 bits per heavy atom. The van der Waals surface area contributed by atoms with Crippen LogP contribution in [0.1, 0.15) is 25.7 Å². The molecule has 0 radical (unpaired) electrons. The third kappa shape index (κ3) is 11.4. The Morgan fingerprint density at radius 3 is 1.47 bits per heavy atom. The Balaban J connectivity index is -0.000000233. The van der Waals surface area contributed by atoms with Crippen molar-refractivity contribution in [1.82, 2.24) is 0 Å². The van der Waals surface area contributed by atoms with E-state index in [0.717, 1.165) is 25.7 Å². The second kappa shape index (κ2) is 15.9. The molecule has 0 aromatic heterocycles. The molecule has 0 nitrogen and oxygen atoms in total. The van der Waals surface area contributed by atoms with Crippen LogP contribution in [0.2, 0.25) is 0 Å². The number of halogens is 2. The van der Waals surface area contributed by atoms with Crippen LogP contribution < -0.4 is 24.8 Å². The molecule has 3 heteroatoms. The quantitative estimate of drug-likeness (QED) is 0.273. The SMILES string of the molecule is C=CCC1=[C-]CC=C1.C=CCC1=[C-]CC=C1.[Cl-].[Cl-].[Hf+4]. The van der Waals surface area contributed by atoms with Crippen molar-refractivity contribution in [2.24, 2.45) is 0 Å². The number of allylic oxidation sites excluding steroid dienone is 10. The molecule has 0 N–H and O–H groups in total. The maximum atomic E-state index is 3.63. The van der Waals surface area contributed by atoms with Crippen LogP contribution in [0.5, 0.6) is 0 Å². The largest absolute Gasteiger partial charge is 4.00 e. The zero-order valence-electron chi connectivity index (χ0n) is 11.0. The van der Waals surface area contributed by atoms with Gasteiger partial charge < -0.3 is 24.8 Å². The Kier molecular flexibility index (Phi) is 20.1. The van der Waals surface area contributed by atoms with Gasteiger partial charge in [-0.05, 0) is 12.8 Å². The second-order valence-corrected chi connectivity index (χ2v) is 3.60. The van der Waals surface area contributed by atoms with Crippen LogP contribution in [0, 0.1) is 12.2 Å². The van der Waals surface area contributed by atoms with E-state index >= 15 is 0 Å². The first kappa shape index (κ1) is 23.9. The van der Waals surface area contributed by atoms with Gasteiger partial charge in [0.1, 0.15) is 0 Å². The summed E-state index contributed by atoms with van der Waals surface area (Å²) in [7, 11) is 0. The molecule has 100 valence electrons. The minimum absolute atomic E-state index is 0. The van der Waals surface area contributed by atoms with Crippen molar-refractivity contribution in [2.75, 3.05) is 0 Å². The molecule has 0 heterocycles. The summed E-state index contributed by atoms with van der Waals surface area (Å²) in [4.78, 5) is 0. The number of hydrogen-bond donors (Lipinski definition) is 0. The first-order valence-electron chi connectivity index (χ1n) is 5.61. The van der Waals surface area contributed by atoms with E-state index in [4.69, 9.17) is 0 Å². The van der Waals surface area contributed by atoms with Gasteiger partial charge in [-0.15, -0.1) is 26.0 Å². The van der Waals surface area contributed by atoms with Crippen molar-refractivity contribution in [3.63, 3.8) is 0 Å². The van der Waals surface area contributed by atoms with Crippen LogP contribution in [0.3, 0.4) is 0 Å². The molecule has 0 aromatic rings. The Hall–Kier alpha value is -0.110. The molecule has 0 saturated carbocycles. The molecule has 0 aromatic carbocycles. The molecule has 0 atom stereocenters. The zero-order valence-corrected chi connectivity index (χ0v) is 16.1. The van der Waals surface area contributed by atoms with Gasteiger partial charge >= 0.3 is 25.8 Å². The Bertz CT molecular complexity index is 327. The van der Waals surface area contributed by atoms with Crippen molar-refractivity contribution >= 4 is 0 Å². The molecule has 2 aliphatic carbocycles. The van der Waals surface area contributed by atoms with Crippen LogP contribution >= 0.6 is 0 Å². The molecule has 0 fully saturated rings. The molecule has 0 saturated heterocycles. The van der Waals surface area contributed by atoms with E-state index < -0.39 is 0 Å². The molecule has 19 heavy (non-hydrogen) atoms. The average Bonchev–Trinajstić information content (AvgIpc) is 2.92. The molecule has 2 rings (SSSR count). The standard InChI is InChI=1S/2C8H9.2ClH.Hf/c2*1-2-5-8-6-3-4-7-8;;;/h2*2-3,6H,1,4-5H2;2*1H;/q2*-1;;;+4/p-2. The third-order valence-electron chi connectivity index (χ3n) is 2.26. The molecule has 2 aliphatic rings. The summed E-state index contributed by atoms with van der Waals surface area (Å²) in [6, 6.07) is 0. The normalized spacial score (nSPS) is 13.7. The maximum Gasteiger partial charge on any atom is 4.00 e. The van der Waals surface area contributed by atoms with Gasteiger partial charge in [0, 0.05) is 0 Å². The van der Waals surface area contributed by atoms with Gasteiger partial charge in [0.05, 0.1) is 0 Å². The molecule has 0 bridgehead atoms. The van der Waals surface area contributed by atoms with Crippen LogP contribution in [0.4, 0.5) is 0 Å². The summed E-state index contributed by atoms with van der Waals surface area (Å²) in [6.07, 6.45) is 22.5. The summed E-state index contributed by atoms with van der Waals surface area (Å²) in [6.45, 7) is 7.26. The third-order valence-corrected chi connectivity index (χ3v) is 2.26. The maximum absolute atomic E-state index is 3.63. The van der Waals surface area contributed by atoms with Crippen molar-refractivity contribution in [2.45, 2.75) is 25.7 Å².